The molecule has 1 amide bonds. The van der Waals surface area contributed by atoms with E-state index in [1.54, 1.807) is 19.2 Å². The van der Waals surface area contributed by atoms with Crippen molar-refractivity contribution >= 4 is 21.8 Å². The number of hydrogen-bond acceptors (Lipinski definition) is 2. The molecule has 1 aromatic carbocycles. The lowest BCUT2D eigenvalue weighted by Crippen LogP contribution is -2.31. The Bertz CT molecular complexity index is 419. The van der Waals surface area contributed by atoms with Crippen LogP contribution in [-0.2, 0) is 0 Å². The number of ether oxygens (including phenoxy) is 1. The summed E-state index contributed by atoms with van der Waals surface area (Å²) < 4.78 is 5.08. The summed E-state index contributed by atoms with van der Waals surface area (Å²) in [7, 11) is 1.62. The van der Waals surface area contributed by atoms with Crippen LogP contribution in [0.3, 0.4) is 0 Å². The standard InChI is InChI=1S/C15H20BrNO2/c1-19-14-7-5-12(6-8-14)15(18)17-10-11-3-2-4-13(16)9-11/h5-8,11,13H,2-4,9-10H2,1H3,(H,17,18). The Kier molecular flexibility index (Phi) is 5.25. The second-order valence-electron chi connectivity index (χ2n) is 5.07. The van der Waals surface area contributed by atoms with Crippen LogP contribution < -0.4 is 10.1 Å². The first-order chi connectivity index (χ1) is 9.19. The van der Waals surface area contributed by atoms with E-state index in [9.17, 15) is 4.79 Å². The van der Waals surface area contributed by atoms with E-state index in [0.29, 0.717) is 16.3 Å². The lowest BCUT2D eigenvalue weighted by molar-refractivity contribution is 0.0944. The van der Waals surface area contributed by atoms with Crippen LogP contribution >= 0.6 is 15.9 Å². The second-order valence-corrected chi connectivity index (χ2v) is 6.36. The van der Waals surface area contributed by atoms with Crippen molar-refractivity contribution in [3.8, 4) is 5.75 Å². The summed E-state index contributed by atoms with van der Waals surface area (Å²) in [5.74, 6) is 1.37. The minimum Gasteiger partial charge on any atom is -0.497 e. The van der Waals surface area contributed by atoms with Crippen molar-refractivity contribution in [2.24, 2.45) is 5.92 Å². The number of amides is 1. The van der Waals surface area contributed by atoms with Gasteiger partial charge in [-0.05, 0) is 49.4 Å². The van der Waals surface area contributed by atoms with E-state index in [4.69, 9.17) is 4.74 Å². The summed E-state index contributed by atoms with van der Waals surface area (Å²) in [5.41, 5.74) is 0.687. The van der Waals surface area contributed by atoms with Crippen LogP contribution in [0.2, 0.25) is 0 Å². The maximum Gasteiger partial charge on any atom is 0.251 e. The zero-order valence-electron chi connectivity index (χ0n) is 11.2. The van der Waals surface area contributed by atoms with Gasteiger partial charge in [0.2, 0.25) is 0 Å². The Morgan fingerprint density at radius 2 is 2.11 bits per heavy atom. The molecule has 1 aliphatic carbocycles. The molecule has 3 nitrogen and oxygen atoms in total. The molecular formula is C15H20BrNO2. The fraction of sp³-hybridized carbons (Fsp3) is 0.533. The van der Waals surface area contributed by atoms with Gasteiger partial charge >= 0.3 is 0 Å². The predicted octanol–water partition coefficient (Wildman–Crippen LogP) is 3.38. The van der Waals surface area contributed by atoms with Crippen LogP contribution in [-0.4, -0.2) is 24.4 Å². The molecule has 1 N–H and O–H groups in total. The first kappa shape index (κ1) is 14.4. The average molecular weight is 326 g/mol. The molecule has 0 aliphatic heterocycles. The number of carbonyl (C=O) groups is 1. The van der Waals surface area contributed by atoms with Crippen molar-refractivity contribution in [1.29, 1.82) is 0 Å². The molecule has 0 heterocycles. The van der Waals surface area contributed by atoms with Crippen LogP contribution in [0.1, 0.15) is 36.0 Å². The number of hydrogen-bond donors (Lipinski definition) is 1. The van der Waals surface area contributed by atoms with E-state index in [2.05, 4.69) is 21.2 Å². The van der Waals surface area contributed by atoms with E-state index in [1.165, 1.54) is 19.3 Å². The zero-order valence-corrected chi connectivity index (χ0v) is 12.8. The van der Waals surface area contributed by atoms with Crippen LogP contribution in [0, 0.1) is 5.92 Å². The fourth-order valence-electron chi connectivity index (χ4n) is 2.49. The van der Waals surface area contributed by atoms with Crippen molar-refractivity contribution in [2.45, 2.75) is 30.5 Å². The van der Waals surface area contributed by atoms with Crippen molar-refractivity contribution in [3.05, 3.63) is 29.8 Å². The van der Waals surface area contributed by atoms with Crippen molar-refractivity contribution < 1.29 is 9.53 Å². The summed E-state index contributed by atoms with van der Waals surface area (Å²) >= 11 is 3.67. The Balaban J connectivity index is 1.83. The van der Waals surface area contributed by atoms with Gasteiger partial charge in [-0.2, -0.15) is 0 Å². The van der Waals surface area contributed by atoms with E-state index in [1.807, 2.05) is 12.1 Å². The second kappa shape index (κ2) is 6.94. The Morgan fingerprint density at radius 1 is 1.37 bits per heavy atom. The number of alkyl halides is 1. The molecule has 2 atom stereocenters. The van der Waals surface area contributed by atoms with E-state index in [-0.39, 0.29) is 5.91 Å². The highest BCUT2D eigenvalue weighted by Crippen LogP contribution is 2.28. The summed E-state index contributed by atoms with van der Waals surface area (Å²) in [6.07, 6.45) is 4.87. The van der Waals surface area contributed by atoms with Crippen molar-refractivity contribution in [2.75, 3.05) is 13.7 Å². The normalized spacial score (nSPS) is 22.8. The molecule has 1 saturated carbocycles. The first-order valence-corrected chi connectivity index (χ1v) is 7.67. The molecular weight excluding hydrogens is 306 g/mol. The van der Waals surface area contributed by atoms with Crippen molar-refractivity contribution in [1.82, 2.24) is 5.32 Å². The molecule has 1 aromatic rings. The van der Waals surface area contributed by atoms with Crippen LogP contribution in [0.25, 0.3) is 0 Å². The highest BCUT2D eigenvalue weighted by atomic mass is 79.9. The van der Waals surface area contributed by atoms with Gasteiger partial charge in [-0.1, -0.05) is 22.4 Å². The van der Waals surface area contributed by atoms with Gasteiger partial charge in [0.1, 0.15) is 5.75 Å². The maximum atomic E-state index is 12.0. The van der Waals surface area contributed by atoms with Gasteiger partial charge in [-0.3, -0.25) is 4.79 Å². The smallest absolute Gasteiger partial charge is 0.251 e. The molecule has 4 heteroatoms. The maximum absolute atomic E-state index is 12.0. The number of rotatable bonds is 4. The SMILES string of the molecule is COc1ccc(C(=O)NCC2CCCC(Br)C2)cc1. The van der Waals surface area contributed by atoms with Crippen molar-refractivity contribution in [3.63, 3.8) is 0 Å². The average Bonchev–Trinajstić information content (AvgIpc) is 2.45. The molecule has 0 aromatic heterocycles. The molecule has 0 saturated heterocycles. The minimum atomic E-state index is -0.000603. The molecule has 1 fully saturated rings. The molecule has 2 unspecified atom stereocenters. The quantitative estimate of drug-likeness (QED) is 0.862. The molecule has 19 heavy (non-hydrogen) atoms. The van der Waals surface area contributed by atoms with E-state index in [0.717, 1.165) is 18.7 Å². The fourth-order valence-corrected chi connectivity index (χ4v) is 3.34. The summed E-state index contributed by atoms with van der Waals surface area (Å²) in [4.78, 5) is 12.6. The van der Waals surface area contributed by atoms with Gasteiger partial charge in [0.05, 0.1) is 7.11 Å². The third-order valence-corrected chi connectivity index (χ3v) is 4.45. The summed E-state index contributed by atoms with van der Waals surface area (Å²) in [6.45, 7) is 0.771. The topological polar surface area (TPSA) is 38.3 Å². The molecule has 0 spiro atoms. The van der Waals surface area contributed by atoms with Gasteiger partial charge in [-0.25, -0.2) is 0 Å². The van der Waals surface area contributed by atoms with E-state index < -0.39 is 0 Å². The molecule has 0 radical (unpaired) electrons. The lowest BCUT2D eigenvalue weighted by Gasteiger charge is -2.25. The third-order valence-electron chi connectivity index (χ3n) is 3.62. The highest BCUT2D eigenvalue weighted by molar-refractivity contribution is 9.09. The summed E-state index contributed by atoms with van der Waals surface area (Å²) in [5, 5.41) is 3.03. The number of nitrogens with one attached hydrogen (secondary N) is 1. The molecule has 0 bridgehead atoms. The largest absolute Gasteiger partial charge is 0.497 e. The third kappa shape index (κ3) is 4.23. The van der Waals surface area contributed by atoms with Gasteiger partial charge in [0.25, 0.3) is 5.91 Å². The Hall–Kier alpha value is -1.03. The van der Waals surface area contributed by atoms with Crippen LogP contribution in [0.4, 0.5) is 0 Å². The van der Waals surface area contributed by atoms with Crippen LogP contribution in [0.15, 0.2) is 24.3 Å². The Labute approximate surface area is 122 Å². The number of halogens is 1. The number of methoxy groups -OCH3 is 1. The van der Waals surface area contributed by atoms with Gasteiger partial charge in [0, 0.05) is 16.9 Å². The highest BCUT2D eigenvalue weighted by Gasteiger charge is 2.20. The lowest BCUT2D eigenvalue weighted by atomic mass is 9.89. The predicted molar refractivity (Wildman–Crippen MR) is 80.0 cm³/mol. The molecule has 1 aliphatic rings. The number of benzene rings is 1. The summed E-state index contributed by atoms with van der Waals surface area (Å²) in [6, 6.07) is 7.21. The zero-order chi connectivity index (χ0) is 13.7. The first-order valence-electron chi connectivity index (χ1n) is 6.75. The minimum absolute atomic E-state index is 0.000603. The van der Waals surface area contributed by atoms with Gasteiger partial charge < -0.3 is 10.1 Å². The Morgan fingerprint density at radius 3 is 2.74 bits per heavy atom. The van der Waals surface area contributed by atoms with E-state index >= 15 is 0 Å². The van der Waals surface area contributed by atoms with Gasteiger partial charge in [-0.15, -0.1) is 0 Å². The number of carbonyl (C=O) groups excluding carboxylic acids is 1. The monoisotopic (exact) mass is 325 g/mol. The van der Waals surface area contributed by atoms with Crippen LogP contribution in [0.5, 0.6) is 5.75 Å². The van der Waals surface area contributed by atoms with Gasteiger partial charge in [0.15, 0.2) is 0 Å². The molecule has 104 valence electrons. The molecule has 2 rings (SSSR count).